The lowest BCUT2D eigenvalue weighted by atomic mass is 10.1. The Labute approximate surface area is 225 Å². The molecule has 1 aliphatic rings. The number of pyridine rings is 1. The second-order valence-electron chi connectivity index (χ2n) is 8.25. The lowest BCUT2D eigenvalue weighted by Crippen LogP contribution is -2.23. The maximum atomic E-state index is 13.1. The first-order chi connectivity index (χ1) is 18.1. The first-order valence-electron chi connectivity index (χ1n) is 11.3. The van der Waals surface area contributed by atoms with Crippen LogP contribution in [0.2, 0.25) is 0 Å². The summed E-state index contributed by atoms with van der Waals surface area (Å²) in [6, 6.07) is 11.6. The van der Waals surface area contributed by atoms with Crippen molar-refractivity contribution in [2.45, 2.75) is 18.4 Å². The molecular formula is C26H21N5O3S3. The second-order valence-corrected chi connectivity index (χ2v) is 11.3. The minimum atomic E-state index is -0.209. The van der Waals surface area contributed by atoms with Gasteiger partial charge in [-0.25, -0.2) is 15.0 Å². The molecule has 0 atom stereocenters. The van der Waals surface area contributed by atoms with Gasteiger partial charge in [0, 0.05) is 26.4 Å². The van der Waals surface area contributed by atoms with Crippen molar-refractivity contribution in [2.75, 3.05) is 18.9 Å². The molecule has 0 saturated carbocycles. The smallest absolute Gasteiger partial charge is 0.255 e. The Balaban J connectivity index is 1.53. The molecule has 37 heavy (non-hydrogen) atoms. The summed E-state index contributed by atoms with van der Waals surface area (Å²) in [6.07, 6.45) is 3.43. The zero-order valence-electron chi connectivity index (χ0n) is 20.1. The van der Waals surface area contributed by atoms with Crippen LogP contribution in [0.1, 0.15) is 20.8 Å². The molecule has 2 N–H and O–H groups in total. The highest BCUT2D eigenvalue weighted by molar-refractivity contribution is 8.00. The fourth-order valence-electron chi connectivity index (χ4n) is 4.19. The number of fused-ring (bicyclic) bond motifs is 9. The highest BCUT2D eigenvalue weighted by Crippen LogP contribution is 2.43. The van der Waals surface area contributed by atoms with Gasteiger partial charge in [0.1, 0.15) is 23.5 Å². The van der Waals surface area contributed by atoms with Crippen molar-refractivity contribution in [3.8, 4) is 32.6 Å². The van der Waals surface area contributed by atoms with Crippen molar-refractivity contribution in [3.63, 3.8) is 0 Å². The van der Waals surface area contributed by atoms with E-state index >= 15 is 0 Å². The largest absolute Gasteiger partial charge is 0.496 e. The van der Waals surface area contributed by atoms with Crippen LogP contribution in [0.25, 0.3) is 31.2 Å². The third-order valence-corrected chi connectivity index (χ3v) is 9.26. The zero-order valence-corrected chi connectivity index (χ0v) is 22.6. The van der Waals surface area contributed by atoms with Crippen LogP contribution in [-0.2, 0) is 6.54 Å². The molecule has 1 aromatic carbocycles. The number of nitrogens with zero attached hydrogens (tertiary/aromatic N) is 3. The van der Waals surface area contributed by atoms with Crippen molar-refractivity contribution in [1.29, 1.82) is 0 Å². The number of hydrogen-bond donors (Lipinski definition) is 2. The minimum absolute atomic E-state index is 0.209. The van der Waals surface area contributed by atoms with Crippen molar-refractivity contribution < 1.29 is 14.3 Å². The summed E-state index contributed by atoms with van der Waals surface area (Å²) in [6.45, 7) is 2.48. The molecule has 0 radical (unpaired) electrons. The maximum absolute atomic E-state index is 13.1. The van der Waals surface area contributed by atoms with Gasteiger partial charge in [0.2, 0.25) is 5.88 Å². The molecule has 0 spiro atoms. The molecule has 8 bridgehead atoms. The Morgan fingerprint density at radius 2 is 1.89 bits per heavy atom. The van der Waals surface area contributed by atoms with Crippen molar-refractivity contribution in [2.24, 2.45) is 0 Å². The topological polar surface area (TPSA) is 98.3 Å². The number of ether oxygens (including phenoxy) is 2. The van der Waals surface area contributed by atoms with Gasteiger partial charge >= 0.3 is 0 Å². The van der Waals surface area contributed by atoms with E-state index in [0.717, 1.165) is 52.3 Å². The summed E-state index contributed by atoms with van der Waals surface area (Å²) in [5.41, 5.74) is 5.03. The second kappa shape index (κ2) is 9.66. The quantitative estimate of drug-likeness (QED) is 0.253. The third kappa shape index (κ3) is 4.28. The molecule has 0 aliphatic carbocycles. The Hall–Kier alpha value is -3.67. The normalized spacial score (nSPS) is 13.0. The van der Waals surface area contributed by atoms with Crippen molar-refractivity contribution in [1.82, 2.24) is 20.3 Å². The van der Waals surface area contributed by atoms with Crippen LogP contribution < -0.4 is 19.5 Å². The molecule has 5 heterocycles. The summed E-state index contributed by atoms with van der Waals surface area (Å²) >= 11 is 4.63. The van der Waals surface area contributed by atoms with Crippen LogP contribution in [0.5, 0.6) is 11.6 Å². The SMILES string of the molecule is COc1ccc2cc1C(=O)NCc1ccc(s1)-c1ncnc3c(C)c(sc13)-c1cnc(OC)c(c1)NS2. The van der Waals surface area contributed by atoms with Gasteiger partial charge in [0.25, 0.3) is 5.91 Å². The first kappa shape index (κ1) is 23.7. The molecule has 6 rings (SSSR count). The number of carbonyl (C=O) groups excluding carboxylic acids is 1. The van der Waals surface area contributed by atoms with Crippen LogP contribution in [0.3, 0.4) is 0 Å². The van der Waals surface area contributed by atoms with Gasteiger partial charge in [-0.1, -0.05) is 0 Å². The number of carbonyl (C=O) groups is 1. The van der Waals surface area contributed by atoms with E-state index in [1.807, 2.05) is 36.5 Å². The lowest BCUT2D eigenvalue weighted by Gasteiger charge is -2.13. The minimum Gasteiger partial charge on any atom is -0.496 e. The van der Waals surface area contributed by atoms with E-state index in [-0.39, 0.29) is 5.91 Å². The average Bonchev–Trinajstić information content (AvgIpc) is 3.54. The Bertz CT molecular complexity index is 1660. The highest BCUT2D eigenvalue weighted by atomic mass is 32.2. The van der Waals surface area contributed by atoms with E-state index in [2.05, 4.69) is 31.9 Å². The number of methoxy groups -OCH3 is 2. The van der Waals surface area contributed by atoms with Gasteiger partial charge in [-0.05, 0) is 60.8 Å². The molecule has 0 fully saturated rings. The lowest BCUT2D eigenvalue weighted by molar-refractivity contribution is 0.0948. The number of nitrogens with one attached hydrogen (secondary N) is 2. The molecule has 186 valence electrons. The predicted octanol–water partition coefficient (Wildman–Crippen LogP) is 6.17. The molecule has 4 aromatic heterocycles. The number of thiophene rings is 2. The third-order valence-electron chi connectivity index (χ3n) is 6.02. The molecule has 5 aromatic rings. The molecule has 1 aliphatic heterocycles. The van der Waals surface area contributed by atoms with E-state index in [9.17, 15) is 4.79 Å². The number of anilines is 1. The molecule has 0 unspecified atom stereocenters. The maximum Gasteiger partial charge on any atom is 0.255 e. The van der Waals surface area contributed by atoms with Crippen molar-refractivity contribution in [3.05, 3.63) is 64.9 Å². The van der Waals surface area contributed by atoms with Crippen LogP contribution in [0, 0.1) is 6.92 Å². The van der Waals surface area contributed by atoms with E-state index in [1.165, 1.54) is 11.9 Å². The zero-order chi connectivity index (χ0) is 25.5. The molecule has 0 saturated heterocycles. The standard InChI is InChI=1S/C26H21N5O3S3/c1-13-21-24-22(30-12-29-21)20-7-5-16(35-20)11-27-25(32)17-9-15(4-6-19(17)33-2)37-31-18-8-14(23(13)36-24)10-28-26(18)34-3/h4-10,12,31H,11H2,1-3H3,(H,27,32). The average molecular weight is 548 g/mol. The van der Waals surface area contributed by atoms with E-state index in [1.54, 1.807) is 49.3 Å². The van der Waals surface area contributed by atoms with Crippen LogP contribution >= 0.6 is 34.6 Å². The number of benzene rings is 1. The number of rotatable bonds is 2. The number of aryl methyl sites for hydroxylation is 1. The highest BCUT2D eigenvalue weighted by Gasteiger charge is 2.20. The Kier molecular flexibility index (Phi) is 6.19. The van der Waals surface area contributed by atoms with Gasteiger partial charge in [0.05, 0.1) is 41.4 Å². The fourth-order valence-corrected chi connectivity index (χ4v) is 7.14. The van der Waals surface area contributed by atoms with Gasteiger partial charge < -0.3 is 19.5 Å². The summed E-state index contributed by atoms with van der Waals surface area (Å²) in [5.74, 6) is 0.776. The van der Waals surface area contributed by atoms with Gasteiger partial charge in [-0.15, -0.1) is 22.7 Å². The summed E-state index contributed by atoms with van der Waals surface area (Å²) in [5, 5.41) is 3.02. The monoisotopic (exact) mass is 547 g/mol. The predicted molar refractivity (Wildman–Crippen MR) is 149 cm³/mol. The molecule has 8 nitrogen and oxygen atoms in total. The van der Waals surface area contributed by atoms with Crippen LogP contribution in [0.15, 0.2) is 53.8 Å². The van der Waals surface area contributed by atoms with Gasteiger partial charge in [0.15, 0.2) is 0 Å². The number of aromatic nitrogens is 3. The Morgan fingerprint density at radius 1 is 1.00 bits per heavy atom. The van der Waals surface area contributed by atoms with Gasteiger partial charge in [-0.2, -0.15) is 0 Å². The van der Waals surface area contributed by atoms with E-state index in [0.29, 0.717) is 23.7 Å². The summed E-state index contributed by atoms with van der Waals surface area (Å²) in [7, 11) is 3.15. The Morgan fingerprint density at radius 3 is 2.73 bits per heavy atom. The first-order valence-corrected chi connectivity index (χ1v) is 13.8. The number of hydrogen-bond acceptors (Lipinski definition) is 10. The van der Waals surface area contributed by atoms with Crippen LogP contribution in [0.4, 0.5) is 5.69 Å². The fraction of sp³-hybridized carbons (Fsp3) is 0.154. The molecular weight excluding hydrogens is 527 g/mol. The van der Waals surface area contributed by atoms with Crippen molar-refractivity contribution >= 4 is 56.4 Å². The molecule has 11 heteroatoms. The summed E-state index contributed by atoms with van der Waals surface area (Å²) < 4.78 is 15.3. The van der Waals surface area contributed by atoms with Crippen LogP contribution in [-0.4, -0.2) is 35.1 Å². The summed E-state index contributed by atoms with van der Waals surface area (Å²) in [4.78, 5) is 30.9. The molecule has 1 amide bonds. The number of amides is 1. The van der Waals surface area contributed by atoms with E-state index < -0.39 is 0 Å². The van der Waals surface area contributed by atoms with E-state index in [4.69, 9.17) is 9.47 Å². The van der Waals surface area contributed by atoms with Gasteiger partial charge in [-0.3, -0.25) is 4.79 Å².